The molecule has 0 aromatic rings. The number of rotatable bonds is 10. The molecule has 4 heteroatoms. The second kappa shape index (κ2) is 10.6. The van der Waals surface area contributed by atoms with E-state index >= 15 is 0 Å². The highest BCUT2D eigenvalue weighted by molar-refractivity contribution is 4.75. The summed E-state index contributed by atoms with van der Waals surface area (Å²) in [7, 11) is 3.54. The summed E-state index contributed by atoms with van der Waals surface area (Å²) in [4.78, 5) is 2.46. The lowest BCUT2D eigenvalue weighted by molar-refractivity contribution is 0.107. The molecule has 1 heterocycles. The van der Waals surface area contributed by atoms with Crippen molar-refractivity contribution in [3.8, 4) is 0 Å². The Morgan fingerprint density at radius 3 is 2.37 bits per heavy atom. The Morgan fingerprint density at radius 1 is 1.16 bits per heavy atom. The van der Waals surface area contributed by atoms with E-state index in [4.69, 9.17) is 9.47 Å². The fourth-order valence-corrected chi connectivity index (χ4v) is 2.76. The van der Waals surface area contributed by atoms with Crippen molar-refractivity contribution < 1.29 is 9.47 Å². The predicted octanol–water partition coefficient (Wildman–Crippen LogP) is 1.61. The average Bonchev–Trinajstić information content (AvgIpc) is 2.47. The molecule has 0 aromatic heterocycles. The van der Waals surface area contributed by atoms with Crippen LogP contribution in [0, 0.1) is 11.8 Å². The molecule has 1 saturated heterocycles. The van der Waals surface area contributed by atoms with Crippen LogP contribution >= 0.6 is 0 Å². The normalized spacial score (nSPS) is 21.8. The lowest BCUT2D eigenvalue weighted by Gasteiger charge is -2.30. The zero-order valence-electron chi connectivity index (χ0n) is 13.0. The maximum absolute atomic E-state index is 5.18. The summed E-state index contributed by atoms with van der Waals surface area (Å²) in [5.74, 6) is 1.67. The minimum absolute atomic E-state index is 0.806. The largest absolute Gasteiger partial charge is 0.383 e. The first-order chi connectivity index (χ1) is 9.27. The lowest BCUT2D eigenvalue weighted by Crippen LogP contribution is -2.36. The van der Waals surface area contributed by atoms with Crippen molar-refractivity contribution in [2.45, 2.75) is 26.2 Å². The van der Waals surface area contributed by atoms with Crippen LogP contribution in [0.25, 0.3) is 0 Å². The van der Waals surface area contributed by atoms with Gasteiger partial charge in [-0.1, -0.05) is 6.92 Å². The van der Waals surface area contributed by atoms with Crippen molar-refractivity contribution in [3.05, 3.63) is 0 Å². The maximum Gasteiger partial charge on any atom is 0.0589 e. The second-order valence-corrected chi connectivity index (χ2v) is 5.70. The molecule has 1 aliphatic rings. The zero-order chi connectivity index (χ0) is 13.9. The molecule has 0 radical (unpaired) electrons. The van der Waals surface area contributed by atoms with Crippen LogP contribution in [0.2, 0.25) is 0 Å². The van der Waals surface area contributed by atoms with Crippen molar-refractivity contribution in [1.82, 2.24) is 10.2 Å². The molecule has 1 aliphatic heterocycles. The molecule has 0 spiro atoms. The zero-order valence-corrected chi connectivity index (χ0v) is 13.0. The number of hydrogen-bond acceptors (Lipinski definition) is 4. The molecule has 0 aliphatic carbocycles. The molecule has 19 heavy (non-hydrogen) atoms. The number of ether oxygens (including phenoxy) is 2. The Kier molecular flexibility index (Phi) is 9.43. The third kappa shape index (κ3) is 7.25. The third-order valence-electron chi connectivity index (χ3n) is 4.26. The molecule has 1 rings (SSSR count). The number of nitrogens with zero attached hydrogens (tertiary/aromatic N) is 1. The van der Waals surface area contributed by atoms with Crippen molar-refractivity contribution in [3.63, 3.8) is 0 Å². The van der Waals surface area contributed by atoms with Gasteiger partial charge in [0.1, 0.15) is 0 Å². The van der Waals surface area contributed by atoms with Gasteiger partial charge in [-0.25, -0.2) is 0 Å². The van der Waals surface area contributed by atoms with E-state index < -0.39 is 0 Å². The van der Waals surface area contributed by atoms with Gasteiger partial charge in [-0.15, -0.1) is 0 Å². The van der Waals surface area contributed by atoms with Crippen LogP contribution in [0.3, 0.4) is 0 Å². The Morgan fingerprint density at radius 2 is 1.84 bits per heavy atom. The molecule has 0 amide bonds. The summed E-state index contributed by atoms with van der Waals surface area (Å²) < 4.78 is 10.4. The first-order valence-electron chi connectivity index (χ1n) is 7.69. The summed E-state index contributed by atoms with van der Waals surface area (Å²) in [6.45, 7) is 9.61. The van der Waals surface area contributed by atoms with Crippen LogP contribution < -0.4 is 5.32 Å². The molecule has 2 atom stereocenters. The molecule has 114 valence electrons. The second-order valence-electron chi connectivity index (χ2n) is 5.70. The number of hydrogen-bond donors (Lipinski definition) is 1. The van der Waals surface area contributed by atoms with Crippen molar-refractivity contribution in [2.24, 2.45) is 11.8 Å². The van der Waals surface area contributed by atoms with Crippen LogP contribution in [0.15, 0.2) is 0 Å². The van der Waals surface area contributed by atoms with E-state index in [1.807, 2.05) is 0 Å². The summed E-state index contributed by atoms with van der Waals surface area (Å²) in [5.41, 5.74) is 0. The fraction of sp³-hybridized carbons (Fsp3) is 1.00. The topological polar surface area (TPSA) is 33.7 Å². The molecule has 2 unspecified atom stereocenters. The van der Waals surface area contributed by atoms with Crippen molar-refractivity contribution in [1.29, 1.82) is 0 Å². The van der Waals surface area contributed by atoms with Gasteiger partial charge < -0.3 is 14.8 Å². The first kappa shape index (κ1) is 16.9. The molecular weight excluding hydrogens is 240 g/mol. The van der Waals surface area contributed by atoms with E-state index in [1.54, 1.807) is 14.2 Å². The molecular formula is C15H32N2O2. The van der Waals surface area contributed by atoms with E-state index in [0.29, 0.717) is 0 Å². The predicted molar refractivity (Wildman–Crippen MR) is 79.6 cm³/mol. The molecule has 0 saturated carbocycles. The average molecular weight is 272 g/mol. The van der Waals surface area contributed by atoms with Gasteiger partial charge in [-0.3, -0.25) is 4.90 Å². The molecule has 1 fully saturated rings. The van der Waals surface area contributed by atoms with Gasteiger partial charge in [0.25, 0.3) is 0 Å². The van der Waals surface area contributed by atoms with E-state index in [-0.39, 0.29) is 0 Å². The van der Waals surface area contributed by atoms with Gasteiger partial charge in [-0.05, 0) is 50.7 Å². The van der Waals surface area contributed by atoms with E-state index in [1.165, 1.54) is 32.4 Å². The molecule has 0 aromatic carbocycles. The standard InChI is InChI=1S/C15H32N2O2/c1-14(15-5-4-7-16-13-15)6-8-17(9-11-18-2)10-12-19-3/h14-16H,4-13H2,1-3H3. The molecule has 0 bridgehead atoms. The SMILES string of the molecule is COCCN(CCOC)CCC(C)C1CCCNC1. The fourth-order valence-electron chi connectivity index (χ4n) is 2.76. The van der Waals surface area contributed by atoms with Gasteiger partial charge in [0, 0.05) is 27.3 Å². The van der Waals surface area contributed by atoms with Gasteiger partial charge in [0.05, 0.1) is 13.2 Å². The van der Waals surface area contributed by atoms with Crippen LogP contribution in [-0.2, 0) is 9.47 Å². The Bertz CT molecular complexity index is 200. The van der Waals surface area contributed by atoms with Crippen LogP contribution in [0.5, 0.6) is 0 Å². The summed E-state index contributed by atoms with van der Waals surface area (Å²) in [6, 6.07) is 0. The van der Waals surface area contributed by atoms with E-state index in [9.17, 15) is 0 Å². The minimum Gasteiger partial charge on any atom is -0.383 e. The van der Waals surface area contributed by atoms with Crippen LogP contribution in [-0.4, -0.2) is 65.1 Å². The minimum atomic E-state index is 0.806. The smallest absolute Gasteiger partial charge is 0.0589 e. The van der Waals surface area contributed by atoms with Gasteiger partial charge in [0.2, 0.25) is 0 Å². The van der Waals surface area contributed by atoms with Gasteiger partial charge in [-0.2, -0.15) is 0 Å². The van der Waals surface area contributed by atoms with Gasteiger partial charge in [0.15, 0.2) is 0 Å². The van der Waals surface area contributed by atoms with E-state index in [0.717, 1.165) is 44.7 Å². The lowest BCUT2D eigenvalue weighted by atomic mass is 9.85. The number of methoxy groups -OCH3 is 2. The highest BCUT2D eigenvalue weighted by Gasteiger charge is 2.20. The van der Waals surface area contributed by atoms with Gasteiger partial charge >= 0.3 is 0 Å². The monoisotopic (exact) mass is 272 g/mol. The highest BCUT2D eigenvalue weighted by atomic mass is 16.5. The first-order valence-corrected chi connectivity index (χ1v) is 7.69. The summed E-state index contributed by atoms with van der Waals surface area (Å²) in [6.07, 6.45) is 4.01. The van der Waals surface area contributed by atoms with Crippen molar-refractivity contribution in [2.75, 3.05) is 60.2 Å². The summed E-state index contributed by atoms with van der Waals surface area (Å²) in [5, 5.41) is 3.52. The Hall–Kier alpha value is -0.160. The molecule has 4 nitrogen and oxygen atoms in total. The third-order valence-corrected chi connectivity index (χ3v) is 4.26. The molecule has 1 N–H and O–H groups in total. The van der Waals surface area contributed by atoms with Crippen LogP contribution in [0.1, 0.15) is 26.2 Å². The van der Waals surface area contributed by atoms with Crippen LogP contribution in [0.4, 0.5) is 0 Å². The number of nitrogens with one attached hydrogen (secondary N) is 1. The summed E-state index contributed by atoms with van der Waals surface area (Å²) >= 11 is 0. The van der Waals surface area contributed by atoms with Crippen molar-refractivity contribution >= 4 is 0 Å². The van der Waals surface area contributed by atoms with E-state index in [2.05, 4.69) is 17.1 Å². The highest BCUT2D eigenvalue weighted by Crippen LogP contribution is 2.22. The Balaban J connectivity index is 2.23. The quantitative estimate of drug-likeness (QED) is 0.655. The number of piperidine rings is 1. The Labute approximate surface area is 118 Å². The maximum atomic E-state index is 5.18.